The maximum atomic E-state index is 14.5. The van der Waals surface area contributed by atoms with Crippen LogP contribution in [0.15, 0.2) is 12.1 Å². The van der Waals surface area contributed by atoms with Crippen LogP contribution in [-0.4, -0.2) is 41.0 Å². The zero-order chi connectivity index (χ0) is 15.0. The standard InChI is InChI=1S/C12H14FN3O4S/c13-11-9(20-7-3-4-14-5-7)2-1-8(17)12(11)16-6-10(18)15-21(16)19/h1-2,7,14,17H,3-6H2,(H,15,18). The summed E-state index contributed by atoms with van der Waals surface area (Å²) >= 11 is -1.91. The Kier molecular flexibility index (Phi) is 3.68. The van der Waals surface area contributed by atoms with Crippen molar-refractivity contribution in [2.24, 2.45) is 0 Å². The first-order chi connectivity index (χ1) is 10.1. The average Bonchev–Trinajstić information content (AvgIpc) is 3.04. The lowest BCUT2D eigenvalue weighted by Crippen LogP contribution is -2.24. The molecule has 0 aromatic heterocycles. The number of nitrogens with one attached hydrogen (secondary N) is 2. The SMILES string of the molecule is O=C1CN(c2c(O)ccc(OC3CCNC3)c2F)S(=O)N1. The molecule has 2 aliphatic rings. The number of rotatable bonds is 3. The van der Waals surface area contributed by atoms with Crippen molar-refractivity contribution >= 4 is 22.8 Å². The van der Waals surface area contributed by atoms with Crippen molar-refractivity contribution in [2.75, 3.05) is 23.9 Å². The van der Waals surface area contributed by atoms with Crippen LogP contribution in [-0.2, 0) is 16.0 Å². The van der Waals surface area contributed by atoms with E-state index >= 15 is 0 Å². The molecule has 2 saturated heterocycles. The molecule has 0 bridgehead atoms. The molecule has 0 spiro atoms. The lowest BCUT2D eigenvalue weighted by atomic mass is 10.2. The molecule has 1 aromatic carbocycles. The van der Waals surface area contributed by atoms with Crippen LogP contribution < -0.4 is 19.1 Å². The van der Waals surface area contributed by atoms with Gasteiger partial charge in [0.2, 0.25) is 11.2 Å². The largest absolute Gasteiger partial charge is 0.506 e. The Bertz CT molecular complexity index is 606. The fourth-order valence-corrected chi connectivity index (χ4v) is 3.25. The van der Waals surface area contributed by atoms with E-state index in [-0.39, 0.29) is 24.1 Å². The van der Waals surface area contributed by atoms with Gasteiger partial charge in [0.05, 0.1) is 0 Å². The second-order valence-corrected chi connectivity index (χ2v) is 5.93. The molecule has 2 heterocycles. The fraction of sp³-hybridized carbons (Fsp3) is 0.417. The third-order valence-electron chi connectivity index (χ3n) is 3.31. The van der Waals surface area contributed by atoms with Crippen molar-refractivity contribution in [3.8, 4) is 11.5 Å². The molecule has 3 N–H and O–H groups in total. The van der Waals surface area contributed by atoms with Gasteiger partial charge in [-0.15, -0.1) is 0 Å². The van der Waals surface area contributed by atoms with Gasteiger partial charge >= 0.3 is 0 Å². The summed E-state index contributed by atoms with van der Waals surface area (Å²) in [7, 11) is 0. The van der Waals surface area contributed by atoms with Crippen LogP contribution in [0.1, 0.15) is 6.42 Å². The van der Waals surface area contributed by atoms with Crippen LogP contribution in [0.25, 0.3) is 0 Å². The molecule has 114 valence electrons. The van der Waals surface area contributed by atoms with Crippen LogP contribution in [0, 0.1) is 5.82 Å². The van der Waals surface area contributed by atoms with Crippen LogP contribution in [0.5, 0.6) is 11.5 Å². The molecule has 2 aliphatic heterocycles. The summed E-state index contributed by atoms with van der Waals surface area (Å²) in [5.74, 6) is -1.76. The number of hydrogen-bond acceptors (Lipinski definition) is 5. The molecule has 0 radical (unpaired) electrons. The van der Waals surface area contributed by atoms with Gasteiger partial charge in [0, 0.05) is 6.54 Å². The predicted octanol–water partition coefficient (Wildman–Crippen LogP) is -0.213. The monoisotopic (exact) mass is 315 g/mol. The number of aromatic hydroxyl groups is 1. The quantitative estimate of drug-likeness (QED) is 0.718. The van der Waals surface area contributed by atoms with E-state index in [0.29, 0.717) is 6.54 Å². The van der Waals surface area contributed by atoms with Crippen molar-refractivity contribution in [3.05, 3.63) is 17.9 Å². The average molecular weight is 315 g/mol. The molecular weight excluding hydrogens is 301 g/mol. The van der Waals surface area contributed by atoms with E-state index in [1.165, 1.54) is 12.1 Å². The summed E-state index contributed by atoms with van der Waals surface area (Å²) in [5, 5.41) is 12.9. The van der Waals surface area contributed by atoms with E-state index in [0.717, 1.165) is 17.3 Å². The van der Waals surface area contributed by atoms with E-state index in [1.807, 2.05) is 0 Å². The maximum absolute atomic E-state index is 14.5. The number of benzene rings is 1. The number of halogens is 1. The van der Waals surface area contributed by atoms with Gasteiger partial charge in [-0.05, 0) is 25.1 Å². The third kappa shape index (κ3) is 2.66. The lowest BCUT2D eigenvalue weighted by Gasteiger charge is -2.19. The molecule has 1 amide bonds. The first-order valence-electron chi connectivity index (χ1n) is 6.44. The Morgan fingerprint density at radius 2 is 2.29 bits per heavy atom. The molecule has 2 fully saturated rings. The van der Waals surface area contributed by atoms with E-state index < -0.39 is 28.6 Å². The molecule has 0 saturated carbocycles. The first-order valence-corrected chi connectivity index (χ1v) is 7.54. The number of nitrogens with zero attached hydrogens (tertiary/aromatic N) is 1. The second-order valence-electron chi connectivity index (χ2n) is 4.79. The molecule has 0 aliphatic carbocycles. The van der Waals surface area contributed by atoms with Crippen LogP contribution in [0.4, 0.5) is 10.1 Å². The number of carbonyl (C=O) groups is 1. The Morgan fingerprint density at radius 3 is 2.90 bits per heavy atom. The van der Waals surface area contributed by atoms with Gasteiger partial charge in [-0.2, -0.15) is 0 Å². The van der Waals surface area contributed by atoms with Gasteiger partial charge in [0.15, 0.2) is 11.6 Å². The minimum Gasteiger partial charge on any atom is -0.506 e. The van der Waals surface area contributed by atoms with Crippen LogP contribution in [0.3, 0.4) is 0 Å². The number of phenols is 1. The number of amides is 1. The van der Waals surface area contributed by atoms with Crippen LogP contribution in [0.2, 0.25) is 0 Å². The summed E-state index contributed by atoms with van der Waals surface area (Å²) in [4.78, 5) is 11.2. The van der Waals surface area contributed by atoms with E-state index in [1.54, 1.807) is 0 Å². The van der Waals surface area contributed by atoms with Crippen molar-refractivity contribution in [1.29, 1.82) is 0 Å². The topological polar surface area (TPSA) is 90.9 Å². The molecule has 9 heteroatoms. The predicted molar refractivity (Wildman–Crippen MR) is 73.6 cm³/mol. The third-order valence-corrected chi connectivity index (χ3v) is 4.42. The summed E-state index contributed by atoms with van der Waals surface area (Å²) in [6, 6.07) is 2.58. The summed E-state index contributed by atoms with van der Waals surface area (Å²) in [5.41, 5.74) is -0.296. The highest BCUT2D eigenvalue weighted by Crippen LogP contribution is 2.37. The number of ether oxygens (including phenoxy) is 1. The molecule has 1 aromatic rings. The van der Waals surface area contributed by atoms with E-state index in [9.17, 15) is 18.5 Å². The normalized spacial score (nSPS) is 25.2. The minimum absolute atomic E-state index is 0.0344. The zero-order valence-electron chi connectivity index (χ0n) is 11.0. The van der Waals surface area contributed by atoms with Gasteiger partial charge in [-0.1, -0.05) is 0 Å². The van der Waals surface area contributed by atoms with Gasteiger partial charge < -0.3 is 15.2 Å². The first kappa shape index (κ1) is 14.1. The van der Waals surface area contributed by atoms with E-state index in [2.05, 4.69) is 10.0 Å². The number of hydrogen-bond donors (Lipinski definition) is 3. The number of anilines is 1. The Balaban J connectivity index is 1.92. The van der Waals surface area contributed by atoms with Gasteiger partial charge in [0.25, 0.3) is 5.91 Å². The minimum atomic E-state index is -1.91. The Morgan fingerprint density at radius 1 is 1.48 bits per heavy atom. The molecule has 21 heavy (non-hydrogen) atoms. The van der Waals surface area contributed by atoms with E-state index in [4.69, 9.17) is 4.74 Å². The smallest absolute Gasteiger partial charge is 0.253 e. The van der Waals surface area contributed by atoms with Crippen molar-refractivity contribution < 1.29 is 23.2 Å². The fourth-order valence-electron chi connectivity index (χ4n) is 2.31. The second kappa shape index (κ2) is 5.49. The Hall–Kier alpha value is -1.87. The lowest BCUT2D eigenvalue weighted by molar-refractivity contribution is -0.117. The van der Waals surface area contributed by atoms with Crippen molar-refractivity contribution in [1.82, 2.24) is 10.0 Å². The number of carbonyl (C=O) groups excluding carboxylic acids is 1. The molecule has 2 atom stereocenters. The van der Waals surface area contributed by atoms with Gasteiger partial charge in [-0.3, -0.25) is 13.8 Å². The highest BCUT2D eigenvalue weighted by molar-refractivity contribution is 7.85. The molecule has 3 rings (SSSR count). The van der Waals surface area contributed by atoms with Crippen molar-refractivity contribution in [3.63, 3.8) is 0 Å². The summed E-state index contributed by atoms with van der Waals surface area (Å²) < 4.78 is 34.9. The van der Waals surface area contributed by atoms with Gasteiger partial charge in [-0.25, -0.2) is 8.60 Å². The molecular formula is C12H14FN3O4S. The molecule has 2 unspecified atom stereocenters. The van der Waals surface area contributed by atoms with Gasteiger partial charge in [0.1, 0.15) is 24.1 Å². The number of phenolic OH excluding ortho intramolecular Hbond substituents is 1. The summed E-state index contributed by atoms with van der Waals surface area (Å²) in [6.45, 7) is 1.13. The highest BCUT2D eigenvalue weighted by Gasteiger charge is 2.33. The highest BCUT2D eigenvalue weighted by atomic mass is 32.2. The van der Waals surface area contributed by atoms with Crippen LogP contribution >= 0.6 is 0 Å². The maximum Gasteiger partial charge on any atom is 0.253 e. The summed E-state index contributed by atoms with van der Waals surface area (Å²) in [6.07, 6.45) is 0.603. The van der Waals surface area contributed by atoms with Crippen molar-refractivity contribution in [2.45, 2.75) is 12.5 Å². The zero-order valence-corrected chi connectivity index (χ0v) is 11.8. The Labute approximate surface area is 122 Å². The molecule has 7 nitrogen and oxygen atoms in total.